The Morgan fingerprint density at radius 3 is 2.40 bits per heavy atom. The van der Waals surface area contributed by atoms with E-state index in [1.807, 2.05) is 5.48 Å². The average molecular weight is 145 g/mol. The molecule has 0 saturated heterocycles. The van der Waals surface area contributed by atoms with Gasteiger partial charge in [0.25, 0.3) is 0 Å². The maximum atomic E-state index is 10.5. The number of hydroxylamine groups is 1. The van der Waals surface area contributed by atoms with Crippen LogP contribution in [0.25, 0.3) is 0 Å². The minimum absolute atomic E-state index is 0.207. The van der Waals surface area contributed by atoms with Gasteiger partial charge in [-0.25, -0.2) is 5.48 Å². The molecule has 4 nitrogen and oxygen atoms in total. The van der Waals surface area contributed by atoms with E-state index < -0.39 is 11.7 Å². The quantitative estimate of drug-likeness (QED) is 0.448. The first kappa shape index (κ1) is 9.10. The monoisotopic (exact) mass is 145 g/mol. The van der Waals surface area contributed by atoms with Crippen LogP contribution in [0.3, 0.4) is 0 Å². The molecule has 1 N–H and O–H groups in total. The third kappa shape index (κ3) is 3.19. The van der Waals surface area contributed by atoms with Crippen LogP contribution in [0.4, 0.5) is 0 Å². The van der Waals surface area contributed by atoms with Gasteiger partial charge in [0.1, 0.15) is 0 Å². The lowest BCUT2D eigenvalue weighted by Crippen LogP contribution is -2.30. The van der Waals surface area contributed by atoms with Gasteiger partial charge in [-0.2, -0.15) is 0 Å². The number of hydrogen-bond donors (Lipinski definition) is 1. The summed E-state index contributed by atoms with van der Waals surface area (Å²) in [7, 11) is 0. The number of carbonyl (C=O) groups excluding carboxylic acids is 2. The van der Waals surface area contributed by atoms with E-state index in [-0.39, 0.29) is 6.42 Å². The minimum atomic E-state index is -0.677. The summed E-state index contributed by atoms with van der Waals surface area (Å²) in [6.07, 6.45) is 0.207. The maximum Gasteiger partial charge on any atom is 0.310 e. The van der Waals surface area contributed by atoms with Crippen molar-refractivity contribution in [2.75, 3.05) is 6.61 Å². The molecule has 58 valence electrons. The van der Waals surface area contributed by atoms with Crippen LogP contribution in [0.2, 0.25) is 0 Å². The highest BCUT2D eigenvalue weighted by Crippen LogP contribution is 1.79. The number of hydrogen-bond acceptors (Lipinski definition) is 3. The Hall–Kier alpha value is -0.900. The van der Waals surface area contributed by atoms with Crippen LogP contribution in [0.1, 0.15) is 20.3 Å². The molecule has 0 heterocycles. The second kappa shape index (κ2) is 4.93. The van der Waals surface area contributed by atoms with Gasteiger partial charge < -0.3 is 0 Å². The van der Waals surface area contributed by atoms with E-state index in [2.05, 4.69) is 4.84 Å². The fourth-order valence-corrected chi connectivity index (χ4v) is 0.355. The van der Waals surface area contributed by atoms with Gasteiger partial charge in [-0.3, -0.25) is 14.4 Å². The van der Waals surface area contributed by atoms with Crippen molar-refractivity contribution in [1.82, 2.24) is 5.48 Å². The Balaban J connectivity index is 3.52. The highest BCUT2D eigenvalue weighted by Gasteiger charge is 2.09. The third-order valence-corrected chi connectivity index (χ3v) is 0.884. The molecule has 0 rings (SSSR count). The highest BCUT2D eigenvalue weighted by molar-refractivity contribution is 6.35. The topological polar surface area (TPSA) is 55.4 Å². The molecule has 0 aromatic rings. The number of nitrogens with one attached hydrogen (secondary N) is 1. The Labute approximate surface area is 59.5 Å². The van der Waals surface area contributed by atoms with E-state index >= 15 is 0 Å². The van der Waals surface area contributed by atoms with Crippen LogP contribution in [-0.4, -0.2) is 18.3 Å². The van der Waals surface area contributed by atoms with E-state index in [9.17, 15) is 9.59 Å². The summed E-state index contributed by atoms with van der Waals surface area (Å²) in [6.45, 7) is 3.70. The standard InChI is InChI=1S/C6H11NO3/c1-3-5(8)6(9)7-10-4-2/h3-4H2,1-2H3,(H,7,9). The van der Waals surface area contributed by atoms with Gasteiger partial charge in [-0.05, 0) is 6.92 Å². The van der Waals surface area contributed by atoms with E-state index in [4.69, 9.17) is 0 Å². The third-order valence-electron chi connectivity index (χ3n) is 0.884. The fraction of sp³-hybridized carbons (Fsp3) is 0.667. The molecule has 0 aliphatic heterocycles. The van der Waals surface area contributed by atoms with Crippen LogP contribution >= 0.6 is 0 Å². The van der Waals surface area contributed by atoms with Gasteiger partial charge in [0, 0.05) is 6.42 Å². The Morgan fingerprint density at radius 1 is 1.40 bits per heavy atom. The van der Waals surface area contributed by atoms with E-state index in [0.29, 0.717) is 6.61 Å². The Bertz CT molecular complexity index is 133. The molecule has 0 saturated carbocycles. The summed E-state index contributed by atoms with van der Waals surface area (Å²) in [4.78, 5) is 25.6. The van der Waals surface area contributed by atoms with Crippen molar-refractivity contribution in [1.29, 1.82) is 0 Å². The molecule has 0 bridgehead atoms. The molecule has 0 aliphatic carbocycles. The first-order valence-corrected chi connectivity index (χ1v) is 3.17. The van der Waals surface area contributed by atoms with Crippen molar-refractivity contribution in [3.8, 4) is 0 Å². The average Bonchev–Trinajstić information content (AvgIpc) is 1.98. The summed E-state index contributed by atoms with van der Waals surface area (Å²) in [5, 5.41) is 0. The zero-order chi connectivity index (χ0) is 7.98. The predicted octanol–water partition coefficient (Wildman–Crippen LogP) is 0.0332. The molecule has 4 heteroatoms. The molecule has 1 amide bonds. The normalized spacial score (nSPS) is 9.00. The predicted molar refractivity (Wildman–Crippen MR) is 35.1 cm³/mol. The van der Waals surface area contributed by atoms with Gasteiger partial charge in [-0.1, -0.05) is 6.92 Å². The summed E-state index contributed by atoms with van der Waals surface area (Å²) in [5.74, 6) is -1.14. The smallest absolute Gasteiger partial charge is 0.289 e. The lowest BCUT2D eigenvalue weighted by molar-refractivity contribution is -0.145. The molecule has 0 aliphatic rings. The molecule has 0 fully saturated rings. The molecular formula is C6H11NO3. The van der Waals surface area contributed by atoms with Gasteiger partial charge >= 0.3 is 5.91 Å². The van der Waals surface area contributed by atoms with Gasteiger partial charge in [0.2, 0.25) is 5.78 Å². The summed E-state index contributed by atoms with van der Waals surface area (Å²) in [5.41, 5.74) is 1.99. The second-order valence-corrected chi connectivity index (χ2v) is 1.64. The number of amides is 1. The van der Waals surface area contributed by atoms with Gasteiger partial charge in [0.15, 0.2) is 0 Å². The number of ketones is 1. The summed E-state index contributed by atoms with van der Waals surface area (Å²) in [6, 6.07) is 0. The van der Waals surface area contributed by atoms with Gasteiger partial charge in [-0.15, -0.1) is 0 Å². The molecule has 0 aromatic heterocycles. The molecule has 0 spiro atoms. The summed E-state index contributed by atoms with van der Waals surface area (Å²) >= 11 is 0. The summed E-state index contributed by atoms with van der Waals surface area (Å²) < 4.78 is 0. The molecular weight excluding hydrogens is 134 g/mol. The van der Waals surface area contributed by atoms with Crippen molar-refractivity contribution in [3.05, 3.63) is 0 Å². The molecule has 0 atom stereocenters. The highest BCUT2D eigenvalue weighted by atomic mass is 16.6. The van der Waals surface area contributed by atoms with Crippen molar-refractivity contribution < 1.29 is 14.4 Å². The van der Waals surface area contributed by atoms with Crippen molar-refractivity contribution in [3.63, 3.8) is 0 Å². The molecule has 0 aromatic carbocycles. The fourth-order valence-electron chi connectivity index (χ4n) is 0.355. The van der Waals surface area contributed by atoms with Crippen molar-refractivity contribution in [2.45, 2.75) is 20.3 Å². The Kier molecular flexibility index (Phi) is 4.49. The van der Waals surface area contributed by atoms with Crippen molar-refractivity contribution in [2.24, 2.45) is 0 Å². The molecule has 10 heavy (non-hydrogen) atoms. The Morgan fingerprint density at radius 2 is 2.00 bits per heavy atom. The SMILES string of the molecule is CCONC(=O)C(=O)CC. The minimum Gasteiger partial charge on any atom is -0.289 e. The van der Waals surface area contributed by atoms with Gasteiger partial charge in [0.05, 0.1) is 6.61 Å². The lowest BCUT2D eigenvalue weighted by Gasteiger charge is -1.99. The van der Waals surface area contributed by atoms with E-state index in [1.165, 1.54) is 0 Å². The largest absolute Gasteiger partial charge is 0.310 e. The lowest BCUT2D eigenvalue weighted by atomic mass is 10.3. The first-order chi connectivity index (χ1) is 4.72. The maximum absolute atomic E-state index is 10.5. The van der Waals surface area contributed by atoms with Crippen LogP contribution < -0.4 is 5.48 Å². The zero-order valence-electron chi connectivity index (χ0n) is 6.14. The number of carbonyl (C=O) groups is 2. The number of rotatable bonds is 4. The second-order valence-electron chi connectivity index (χ2n) is 1.64. The van der Waals surface area contributed by atoms with Crippen LogP contribution in [0.15, 0.2) is 0 Å². The first-order valence-electron chi connectivity index (χ1n) is 3.17. The van der Waals surface area contributed by atoms with Crippen LogP contribution in [0.5, 0.6) is 0 Å². The van der Waals surface area contributed by atoms with E-state index in [0.717, 1.165) is 0 Å². The van der Waals surface area contributed by atoms with E-state index in [1.54, 1.807) is 13.8 Å². The van der Waals surface area contributed by atoms with Crippen molar-refractivity contribution >= 4 is 11.7 Å². The molecule has 0 radical (unpaired) electrons. The zero-order valence-corrected chi connectivity index (χ0v) is 6.14. The van der Waals surface area contributed by atoms with Crippen LogP contribution in [-0.2, 0) is 14.4 Å². The van der Waals surface area contributed by atoms with Crippen LogP contribution in [0, 0.1) is 0 Å². The molecule has 0 unspecified atom stereocenters. The number of Topliss-reactive ketones (excluding diaryl/α,β-unsaturated/α-hetero) is 1.